The lowest BCUT2D eigenvalue weighted by Crippen LogP contribution is -2.35. The molecule has 0 bridgehead atoms. The number of hydrogen-bond acceptors (Lipinski definition) is 2. The highest BCUT2D eigenvalue weighted by Crippen LogP contribution is 2.17. The van der Waals surface area contributed by atoms with Gasteiger partial charge in [0.2, 0.25) is 0 Å². The van der Waals surface area contributed by atoms with E-state index in [1.54, 1.807) is 12.1 Å². The molecule has 0 spiro atoms. The second-order valence-corrected chi connectivity index (χ2v) is 6.17. The second-order valence-electron chi connectivity index (χ2n) is 5.32. The molecule has 0 aliphatic heterocycles. The number of carbonyl (C=O) groups is 2. The summed E-state index contributed by atoms with van der Waals surface area (Å²) in [7, 11) is 0. The Morgan fingerprint density at radius 3 is 2.39 bits per heavy atom. The van der Waals surface area contributed by atoms with Gasteiger partial charge in [-0.05, 0) is 24.6 Å². The monoisotopic (exact) mass is 311 g/mol. The predicted molar refractivity (Wildman–Crippen MR) is 75.7 cm³/mol. The molecule has 0 saturated carbocycles. The predicted octanol–water partition coefficient (Wildman–Crippen LogP) is 3.10. The molecule has 0 aliphatic rings. The average molecular weight is 312 g/mol. The van der Waals surface area contributed by atoms with E-state index in [2.05, 4.69) is 21.2 Å². The number of halogens is 1. The number of carbonyl (C=O) groups excluding carboxylic acids is 2. The summed E-state index contributed by atoms with van der Waals surface area (Å²) in [6, 6.07) is 5.37. The Hall–Kier alpha value is -1.16. The minimum Gasteiger partial charge on any atom is -0.345 e. The van der Waals surface area contributed by atoms with Crippen molar-refractivity contribution in [1.82, 2.24) is 5.32 Å². The summed E-state index contributed by atoms with van der Waals surface area (Å²) in [5.41, 5.74) is 1.19. The highest BCUT2D eigenvalue weighted by atomic mass is 79.9. The van der Waals surface area contributed by atoms with Crippen molar-refractivity contribution in [2.75, 3.05) is 6.54 Å². The molecule has 0 radical (unpaired) electrons. The Bertz CT molecular complexity index is 475. The number of Topliss-reactive ketones (excluding diaryl/α,β-unsaturated/α-hetero) is 1. The number of hydrogen-bond donors (Lipinski definition) is 1. The van der Waals surface area contributed by atoms with Crippen LogP contribution in [0.2, 0.25) is 0 Å². The van der Waals surface area contributed by atoms with Crippen molar-refractivity contribution in [3.63, 3.8) is 0 Å². The molecule has 18 heavy (non-hydrogen) atoms. The molecule has 0 aliphatic carbocycles. The number of ketones is 1. The van der Waals surface area contributed by atoms with E-state index in [-0.39, 0.29) is 18.2 Å². The highest BCUT2D eigenvalue weighted by molar-refractivity contribution is 9.10. The van der Waals surface area contributed by atoms with Crippen LogP contribution in [0.3, 0.4) is 0 Å². The van der Waals surface area contributed by atoms with Crippen LogP contribution in [0, 0.1) is 12.3 Å². The van der Waals surface area contributed by atoms with Crippen LogP contribution < -0.4 is 5.32 Å². The van der Waals surface area contributed by atoms with Gasteiger partial charge in [0.25, 0.3) is 5.91 Å². The molecule has 0 saturated heterocycles. The van der Waals surface area contributed by atoms with Gasteiger partial charge in [-0.3, -0.25) is 9.59 Å². The van der Waals surface area contributed by atoms with Crippen LogP contribution in [0.4, 0.5) is 0 Å². The van der Waals surface area contributed by atoms with Crippen molar-refractivity contribution < 1.29 is 9.59 Å². The first kappa shape index (κ1) is 14.9. The van der Waals surface area contributed by atoms with Gasteiger partial charge in [-0.2, -0.15) is 0 Å². The number of nitrogens with one attached hydrogen (secondary N) is 1. The minimum atomic E-state index is -0.429. The molecule has 1 aromatic carbocycles. The molecule has 3 nitrogen and oxygen atoms in total. The maximum Gasteiger partial charge on any atom is 0.251 e. The SMILES string of the molecule is Cc1ccc(C(=O)NCC(=O)C(C)(C)C)cc1Br. The Labute approximate surface area is 116 Å². The zero-order valence-electron chi connectivity index (χ0n) is 11.1. The zero-order valence-corrected chi connectivity index (χ0v) is 12.7. The number of benzene rings is 1. The quantitative estimate of drug-likeness (QED) is 0.932. The van der Waals surface area contributed by atoms with E-state index < -0.39 is 5.41 Å². The van der Waals surface area contributed by atoms with Crippen molar-refractivity contribution in [2.45, 2.75) is 27.7 Å². The van der Waals surface area contributed by atoms with Crippen LogP contribution in [0.5, 0.6) is 0 Å². The summed E-state index contributed by atoms with van der Waals surface area (Å²) < 4.78 is 0.886. The van der Waals surface area contributed by atoms with Gasteiger partial charge in [-0.25, -0.2) is 0 Å². The molecular formula is C14H18BrNO2. The van der Waals surface area contributed by atoms with E-state index in [0.29, 0.717) is 5.56 Å². The van der Waals surface area contributed by atoms with Crippen LogP contribution in [0.15, 0.2) is 22.7 Å². The molecule has 0 unspecified atom stereocenters. The third-order valence-corrected chi connectivity index (χ3v) is 3.53. The van der Waals surface area contributed by atoms with Crippen LogP contribution in [-0.4, -0.2) is 18.2 Å². The molecule has 0 atom stereocenters. The summed E-state index contributed by atoms with van der Waals surface area (Å²) in [5.74, 6) is -0.213. The molecule has 0 fully saturated rings. The third-order valence-electron chi connectivity index (χ3n) is 2.68. The summed E-state index contributed by atoms with van der Waals surface area (Å²) >= 11 is 3.38. The Kier molecular flexibility index (Phi) is 4.68. The van der Waals surface area contributed by atoms with Crippen molar-refractivity contribution in [3.05, 3.63) is 33.8 Å². The summed E-state index contributed by atoms with van der Waals surface area (Å²) in [4.78, 5) is 23.6. The second kappa shape index (κ2) is 5.65. The Morgan fingerprint density at radius 2 is 1.89 bits per heavy atom. The fourth-order valence-corrected chi connectivity index (χ4v) is 1.64. The van der Waals surface area contributed by atoms with Gasteiger partial charge < -0.3 is 5.32 Å². The van der Waals surface area contributed by atoms with E-state index in [0.717, 1.165) is 10.0 Å². The molecule has 1 amide bonds. The molecule has 0 heterocycles. The maximum absolute atomic E-state index is 11.9. The van der Waals surface area contributed by atoms with E-state index in [4.69, 9.17) is 0 Å². The number of aryl methyl sites for hydroxylation is 1. The van der Waals surface area contributed by atoms with E-state index in [1.807, 2.05) is 33.8 Å². The van der Waals surface area contributed by atoms with Crippen molar-refractivity contribution in [1.29, 1.82) is 0 Å². The lowest BCUT2D eigenvalue weighted by molar-refractivity contribution is -0.125. The summed E-state index contributed by atoms with van der Waals surface area (Å²) in [5, 5.41) is 2.64. The zero-order chi connectivity index (χ0) is 13.9. The maximum atomic E-state index is 11.9. The molecule has 98 valence electrons. The van der Waals surface area contributed by atoms with Crippen LogP contribution >= 0.6 is 15.9 Å². The van der Waals surface area contributed by atoms with Crippen molar-refractivity contribution in [2.24, 2.45) is 5.41 Å². The molecule has 4 heteroatoms. The van der Waals surface area contributed by atoms with E-state index in [9.17, 15) is 9.59 Å². The Morgan fingerprint density at radius 1 is 1.28 bits per heavy atom. The normalized spacial score (nSPS) is 11.2. The van der Waals surface area contributed by atoms with Crippen LogP contribution in [-0.2, 0) is 4.79 Å². The Balaban J connectivity index is 2.66. The lowest BCUT2D eigenvalue weighted by atomic mass is 9.91. The fraction of sp³-hybridized carbons (Fsp3) is 0.429. The first-order valence-corrected chi connectivity index (χ1v) is 6.59. The smallest absolute Gasteiger partial charge is 0.251 e. The average Bonchev–Trinajstić information content (AvgIpc) is 2.27. The third kappa shape index (κ3) is 3.95. The standard InChI is InChI=1S/C14H18BrNO2/c1-9-5-6-10(7-11(9)15)13(18)16-8-12(17)14(2,3)4/h5-7H,8H2,1-4H3,(H,16,18). The summed E-state index contributed by atoms with van der Waals surface area (Å²) in [6.45, 7) is 7.53. The highest BCUT2D eigenvalue weighted by Gasteiger charge is 2.21. The van der Waals surface area contributed by atoms with Gasteiger partial charge in [0, 0.05) is 15.5 Å². The number of rotatable bonds is 3. The van der Waals surface area contributed by atoms with Crippen molar-refractivity contribution >= 4 is 27.6 Å². The first-order valence-electron chi connectivity index (χ1n) is 5.79. The fourth-order valence-electron chi connectivity index (χ4n) is 1.26. The van der Waals surface area contributed by atoms with Gasteiger partial charge in [0.1, 0.15) is 0 Å². The first-order chi connectivity index (χ1) is 8.21. The number of amides is 1. The molecule has 1 N–H and O–H groups in total. The van der Waals surface area contributed by atoms with E-state index >= 15 is 0 Å². The van der Waals surface area contributed by atoms with Gasteiger partial charge in [0.05, 0.1) is 6.54 Å². The molecule has 1 aromatic rings. The molecule has 1 rings (SSSR count). The van der Waals surface area contributed by atoms with Crippen LogP contribution in [0.1, 0.15) is 36.7 Å². The largest absolute Gasteiger partial charge is 0.345 e. The molecular weight excluding hydrogens is 294 g/mol. The minimum absolute atomic E-state index is 0.0158. The van der Waals surface area contributed by atoms with Gasteiger partial charge in [-0.1, -0.05) is 42.8 Å². The topological polar surface area (TPSA) is 46.2 Å². The van der Waals surface area contributed by atoms with Gasteiger partial charge in [0.15, 0.2) is 5.78 Å². The lowest BCUT2D eigenvalue weighted by Gasteiger charge is -2.16. The van der Waals surface area contributed by atoms with Crippen LogP contribution in [0.25, 0.3) is 0 Å². The van der Waals surface area contributed by atoms with Gasteiger partial charge >= 0.3 is 0 Å². The van der Waals surface area contributed by atoms with Gasteiger partial charge in [-0.15, -0.1) is 0 Å². The summed E-state index contributed by atoms with van der Waals surface area (Å²) in [6.07, 6.45) is 0. The van der Waals surface area contributed by atoms with E-state index in [1.165, 1.54) is 0 Å². The van der Waals surface area contributed by atoms with Crippen molar-refractivity contribution in [3.8, 4) is 0 Å². The molecule has 0 aromatic heterocycles.